The van der Waals surface area contributed by atoms with E-state index in [2.05, 4.69) is 10.1 Å². The highest BCUT2D eigenvalue weighted by Crippen LogP contribution is 2.21. The summed E-state index contributed by atoms with van der Waals surface area (Å²) in [6, 6.07) is 7.96. The smallest absolute Gasteiger partial charge is 0.288 e. The lowest BCUT2D eigenvalue weighted by molar-refractivity contribution is -0.132. The Labute approximate surface area is 140 Å². The van der Waals surface area contributed by atoms with Crippen molar-refractivity contribution in [3.05, 3.63) is 47.5 Å². The molecule has 1 fully saturated rings. The molecule has 7 nitrogen and oxygen atoms in total. The quantitative estimate of drug-likeness (QED) is 0.909. The Balaban J connectivity index is 1.67. The van der Waals surface area contributed by atoms with Gasteiger partial charge in [-0.2, -0.15) is 0 Å². The third-order valence-corrected chi connectivity index (χ3v) is 4.46. The second-order valence-corrected chi connectivity index (χ2v) is 6.15. The van der Waals surface area contributed by atoms with Crippen molar-refractivity contribution in [1.82, 2.24) is 19.7 Å². The van der Waals surface area contributed by atoms with E-state index in [0.29, 0.717) is 13.0 Å². The number of benzene rings is 1. The molecule has 7 heteroatoms. The summed E-state index contributed by atoms with van der Waals surface area (Å²) in [5.74, 6) is -0.514. The standard InChI is InChI=1S/C17H21N5O2/c1-12-5-2-3-6-13(12)9-15(23)21-8-4-7-14(10-21)22-11-19-17(20-22)16(18)24/h2-3,5-6,11,14H,4,7-10H2,1H3,(H2,18,24). The average Bonchev–Trinajstić information content (AvgIpc) is 3.07. The Hall–Kier alpha value is -2.70. The lowest BCUT2D eigenvalue weighted by atomic mass is 10.0. The molecule has 0 bridgehead atoms. The molecule has 1 aliphatic rings. The SMILES string of the molecule is Cc1ccccc1CC(=O)N1CCCC(n2cnc(C(N)=O)n2)C1. The summed E-state index contributed by atoms with van der Waals surface area (Å²) in [6.45, 7) is 3.34. The molecule has 1 unspecified atom stereocenters. The molecular weight excluding hydrogens is 306 g/mol. The van der Waals surface area contributed by atoms with Crippen molar-refractivity contribution in [2.24, 2.45) is 5.73 Å². The zero-order chi connectivity index (χ0) is 17.1. The summed E-state index contributed by atoms with van der Waals surface area (Å²) in [5, 5.41) is 4.12. The number of aryl methyl sites for hydroxylation is 1. The molecule has 2 aromatic rings. The minimum atomic E-state index is -0.642. The fourth-order valence-electron chi connectivity index (χ4n) is 3.04. The van der Waals surface area contributed by atoms with Crippen molar-refractivity contribution < 1.29 is 9.59 Å². The van der Waals surface area contributed by atoms with Gasteiger partial charge in [-0.25, -0.2) is 9.67 Å². The Morgan fingerprint density at radius 2 is 2.12 bits per heavy atom. The molecule has 0 radical (unpaired) electrons. The third-order valence-electron chi connectivity index (χ3n) is 4.46. The number of likely N-dealkylation sites (tertiary alicyclic amines) is 1. The predicted molar refractivity (Wildman–Crippen MR) is 88.3 cm³/mol. The number of piperidine rings is 1. The number of rotatable bonds is 4. The van der Waals surface area contributed by atoms with Crippen LogP contribution < -0.4 is 5.73 Å². The molecule has 1 aromatic heterocycles. The van der Waals surface area contributed by atoms with E-state index in [4.69, 9.17) is 5.73 Å². The lowest BCUT2D eigenvalue weighted by Gasteiger charge is -2.32. The fraction of sp³-hybridized carbons (Fsp3) is 0.412. The molecular formula is C17H21N5O2. The van der Waals surface area contributed by atoms with Gasteiger partial charge in [-0.3, -0.25) is 9.59 Å². The minimum absolute atomic E-state index is 0.0124. The number of aromatic nitrogens is 3. The Morgan fingerprint density at radius 1 is 1.33 bits per heavy atom. The number of amides is 2. The number of hydrogen-bond acceptors (Lipinski definition) is 4. The summed E-state index contributed by atoms with van der Waals surface area (Å²) >= 11 is 0. The Bertz CT molecular complexity index is 755. The highest BCUT2D eigenvalue weighted by atomic mass is 16.2. The van der Waals surface area contributed by atoms with Crippen LogP contribution in [0.1, 0.15) is 40.6 Å². The molecule has 1 aromatic carbocycles. The van der Waals surface area contributed by atoms with E-state index in [0.717, 1.165) is 30.5 Å². The van der Waals surface area contributed by atoms with Crippen LogP contribution in [0, 0.1) is 6.92 Å². The number of nitrogens with zero attached hydrogens (tertiary/aromatic N) is 4. The number of carbonyl (C=O) groups is 2. The van der Waals surface area contributed by atoms with E-state index in [1.807, 2.05) is 36.1 Å². The Kier molecular flexibility index (Phi) is 4.59. The first-order chi connectivity index (χ1) is 11.5. The van der Waals surface area contributed by atoms with E-state index < -0.39 is 5.91 Å². The summed E-state index contributed by atoms with van der Waals surface area (Å²) in [5.41, 5.74) is 7.37. The van der Waals surface area contributed by atoms with Gasteiger partial charge in [0.25, 0.3) is 5.91 Å². The van der Waals surface area contributed by atoms with Gasteiger partial charge in [0.2, 0.25) is 11.7 Å². The van der Waals surface area contributed by atoms with E-state index in [1.54, 1.807) is 4.68 Å². The van der Waals surface area contributed by atoms with Crippen LogP contribution in [-0.4, -0.2) is 44.6 Å². The first kappa shape index (κ1) is 16.2. The van der Waals surface area contributed by atoms with Gasteiger partial charge in [0.1, 0.15) is 6.33 Å². The first-order valence-electron chi connectivity index (χ1n) is 8.08. The summed E-state index contributed by atoms with van der Waals surface area (Å²) in [7, 11) is 0. The van der Waals surface area contributed by atoms with Crippen molar-refractivity contribution in [2.45, 2.75) is 32.2 Å². The van der Waals surface area contributed by atoms with E-state index in [-0.39, 0.29) is 17.8 Å². The Morgan fingerprint density at radius 3 is 2.83 bits per heavy atom. The van der Waals surface area contributed by atoms with Crippen molar-refractivity contribution in [2.75, 3.05) is 13.1 Å². The van der Waals surface area contributed by atoms with Crippen LogP contribution >= 0.6 is 0 Å². The molecule has 24 heavy (non-hydrogen) atoms. The highest BCUT2D eigenvalue weighted by molar-refractivity contribution is 5.88. The zero-order valence-corrected chi connectivity index (χ0v) is 13.7. The van der Waals surface area contributed by atoms with E-state index in [9.17, 15) is 9.59 Å². The molecule has 0 saturated carbocycles. The van der Waals surface area contributed by atoms with Crippen molar-refractivity contribution in [3.63, 3.8) is 0 Å². The van der Waals surface area contributed by atoms with Crippen LogP contribution in [0.4, 0.5) is 0 Å². The topological polar surface area (TPSA) is 94.1 Å². The third kappa shape index (κ3) is 3.45. The maximum Gasteiger partial charge on any atom is 0.288 e. The molecule has 2 heterocycles. The van der Waals surface area contributed by atoms with Crippen LogP contribution in [0.5, 0.6) is 0 Å². The van der Waals surface area contributed by atoms with Crippen molar-refractivity contribution in [1.29, 1.82) is 0 Å². The maximum atomic E-state index is 12.6. The van der Waals surface area contributed by atoms with Gasteiger partial charge in [-0.1, -0.05) is 24.3 Å². The van der Waals surface area contributed by atoms with Crippen molar-refractivity contribution >= 4 is 11.8 Å². The van der Waals surface area contributed by atoms with Gasteiger partial charge in [0, 0.05) is 13.1 Å². The molecule has 3 rings (SSSR count). The van der Waals surface area contributed by atoms with Gasteiger partial charge >= 0.3 is 0 Å². The second-order valence-electron chi connectivity index (χ2n) is 6.15. The number of primary amides is 1. The molecule has 0 aliphatic carbocycles. The summed E-state index contributed by atoms with van der Waals surface area (Å²) in [6.07, 6.45) is 3.72. The van der Waals surface area contributed by atoms with Crippen molar-refractivity contribution in [3.8, 4) is 0 Å². The molecule has 2 amide bonds. The lowest BCUT2D eigenvalue weighted by Crippen LogP contribution is -2.41. The van der Waals surface area contributed by atoms with E-state index >= 15 is 0 Å². The van der Waals surface area contributed by atoms with Gasteiger partial charge in [-0.15, -0.1) is 5.10 Å². The number of nitrogens with two attached hydrogens (primary N) is 1. The molecule has 1 saturated heterocycles. The van der Waals surface area contributed by atoms with Gasteiger partial charge in [0.05, 0.1) is 12.5 Å². The fourth-order valence-corrected chi connectivity index (χ4v) is 3.04. The molecule has 1 aliphatic heterocycles. The molecule has 126 valence electrons. The predicted octanol–water partition coefficient (Wildman–Crippen LogP) is 1.09. The number of carbonyl (C=O) groups excluding carboxylic acids is 2. The minimum Gasteiger partial charge on any atom is -0.363 e. The van der Waals surface area contributed by atoms with Crippen LogP contribution in [0.3, 0.4) is 0 Å². The largest absolute Gasteiger partial charge is 0.363 e. The van der Waals surface area contributed by atoms with Crippen LogP contribution in [0.25, 0.3) is 0 Å². The molecule has 1 atom stereocenters. The normalized spacial score (nSPS) is 17.7. The van der Waals surface area contributed by atoms with E-state index in [1.165, 1.54) is 6.33 Å². The van der Waals surface area contributed by atoms with Crippen LogP contribution in [-0.2, 0) is 11.2 Å². The zero-order valence-electron chi connectivity index (χ0n) is 13.7. The first-order valence-corrected chi connectivity index (χ1v) is 8.08. The maximum absolute atomic E-state index is 12.6. The van der Waals surface area contributed by atoms with Crippen LogP contribution in [0.15, 0.2) is 30.6 Å². The van der Waals surface area contributed by atoms with Gasteiger partial charge in [-0.05, 0) is 30.9 Å². The summed E-state index contributed by atoms with van der Waals surface area (Å²) < 4.78 is 1.65. The molecule has 2 N–H and O–H groups in total. The summed E-state index contributed by atoms with van der Waals surface area (Å²) in [4.78, 5) is 29.5. The highest BCUT2D eigenvalue weighted by Gasteiger charge is 2.26. The second kappa shape index (κ2) is 6.82. The van der Waals surface area contributed by atoms with Gasteiger partial charge < -0.3 is 10.6 Å². The van der Waals surface area contributed by atoms with Crippen LogP contribution in [0.2, 0.25) is 0 Å². The number of hydrogen-bond donors (Lipinski definition) is 1. The molecule has 0 spiro atoms. The van der Waals surface area contributed by atoms with Gasteiger partial charge in [0.15, 0.2) is 0 Å². The average molecular weight is 327 g/mol. The monoisotopic (exact) mass is 327 g/mol.